The molecule has 9 heteroatoms. The van der Waals surface area contributed by atoms with Crippen molar-refractivity contribution in [3.05, 3.63) is 95.1 Å². The van der Waals surface area contributed by atoms with Gasteiger partial charge in [-0.1, -0.05) is 57.3 Å². The van der Waals surface area contributed by atoms with Gasteiger partial charge in [-0.3, -0.25) is 0 Å². The van der Waals surface area contributed by atoms with Gasteiger partial charge in [-0.15, -0.1) is 0 Å². The van der Waals surface area contributed by atoms with E-state index in [4.69, 9.17) is 37.4 Å². The molecule has 0 bridgehead atoms. The Morgan fingerprint density at radius 2 is 1.91 bits per heavy atom. The minimum absolute atomic E-state index is 0.131. The highest BCUT2D eigenvalue weighted by atomic mass is 127. The van der Waals surface area contributed by atoms with Crippen molar-refractivity contribution in [1.82, 2.24) is 0 Å². The lowest BCUT2D eigenvalue weighted by atomic mass is 10.1. The second kappa shape index (κ2) is 11.1. The van der Waals surface area contributed by atoms with Gasteiger partial charge in [-0.25, -0.2) is 9.79 Å². The smallest absolute Gasteiger partial charge is 0.363 e. The van der Waals surface area contributed by atoms with E-state index in [2.05, 4.69) is 43.5 Å². The fourth-order valence-corrected chi connectivity index (χ4v) is 4.85. The van der Waals surface area contributed by atoms with E-state index in [1.807, 2.05) is 43.3 Å². The van der Waals surface area contributed by atoms with E-state index in [0.29, 0.717) is 40.3 Å². The molecule has 0 atom stereocenters. The Morgan fingerprint density at radius 3 is 2.65 bits per heavy atom. The molecule has 0 saturated carbocycles. The average molecular weight is 673 g/mol. The molecule has 0 aromatic heterocycles. The lowest BCUT2D eigenvalue weighted by Crippen LogP contribution is -2.06. The molecule has 4 rings (SSSR count). The molecule has 0 aliphatic carbocycles. The van der Waals surface area contributed by atoms with E-state index in [1.54, 1.807) is 24.3 Å². The van der Waals surface area contributed by atoms with Gasteiger partial charge in [-0.05, 0) is 77.6 Å². The number of nitrogens with zero attached hydrogens (tertiary/aromatic N) is 1. The van der Waals surface area contributed by atoms with Crippen LogP contribution in [0.25, 0.3) is 6.08 Å². The zero-order valence-corrected chi connectivity index (χ0v) is 23.0. The summed E-state index contributed by atoms with van der Waals surface area (Å²) in [6.07, 6.45) is 1.64. The zero-order valence-electron chi connectivity index (χ0n) is 17.8. The minimum Gasteiger partial charge on any atom is -0.490 e. The third-order valence-electron chi connectivity index (χ3n) is 4.75. The van der Waals surface area contributed by atoms with Gasteiger partial charge < -0.3 is 14.2 Å². The first kappa shape index (κ1) is 25.0. The van der Waals surface area contributed by atoms with Crippen LogP contribution < -0.4 is 9.47 Å². The largest absolute Gasteiger partial charge is 0.490 e. The van der Waals surface area contributed by atoms with Gasteiger partial charge in [0.15, 0.2) is 17.2 Å². The van der Waals surface area contributed by atoms with Crippen molar-refractivity contribution in [3.8, 4) is 11.5 Å². The summed E-state index contributed by atoms with van der Waals surface area (Å²) in [5.74, 6) is 0.769. The van der Waals surface area contributed by atoms with Crippen molar-refractivity contribution in [2.75, 3.05) is 6.61 Å². The molecule has 0 spiro atoms. The minimum atomic E-state index is -0.566. The van der Waals surface area contributed by atoms with Crippen LogP contribution in [0.15, 0.2) is 69.8 Å². The van der Waals surface area contributed by atoms with E-state index in [9.17, 15) is 4.79 Å². The van der Waals surface area contributed by atoms with E-state index in [-0.39, 0.29) is 11.6 Å². The topological polar surface area (TPSA) is 57.1 Å². The quantitative estimate of drug-likeness (QED) is 0.147. The van der Waals surface area contributed by atoms with Crippen molar-refractivity contribution in [2.24, 2.45) is 4.99 Å². The van der Waals surface area contributed by atoms with Crippen LogP contribution in [0.5, 0.6) is 11.5 Å². The van der Waals surface area contributed by atoms with E-state index in [1.165, 1.54) is 0 Å². The summed E-state index contributed by atoms with van der Waals surface area (Å²) < 4.78 is 19.1. The first-order valence-corrected chi connectivity index (χ1v) is 12.8. The Morgan fingerprint density at radius 1 is 1.12 bits per heavy atom. The third kappa shape index (κ3) is 5.76. The number of halogens is 4. The average Bonchev–Trinajstić information content (AvgIpc) is 3.14. The number of cyclic esters (lactones) is 1. The van der Waals surface area contributed by atoms with Crippen LogP contribution in [0.4, 0.5) is 0 Å². The number of carbonyl (C=O) groups is 1. The molecule has 174 valence electrons. The predicted octanol–water partition coefficient (Wildman–Crippen LogP) is 7.68. The number of aliphatic imine (C=N–C) groups is 1. The summed E-state index contributed by atoms with van der Waals surface area (Å²) in [5, 5.41) is 0.828. The molecule has 0 unspecified atom stereocenters. The molecule has 0 fully saturated rings. The second-order valence-corrected chi connectivity index (χ2v) is 9.96. The molecule has 3 aromatic carbocycles. The summed E-state index contributed by atoms with van der Waals surface area (Å²) in [5.41, 5.74) is 2.38. The molecule has 5 nitrogen and oxygen atoms in total. The normalized spacial score (nSPS) is 14.2. The van der Waals surface area contributed by atoms with Crippen LogP contribution in [-0.4, -0.2) is 18.5 Å². The molecule has 34 heavy (non-hydrogen) atoms. The van der Waals surface area contributed by atoms with E-state index >= 15 is 0 Å². The number of carbonyl (C=O) groups excluding carboxylic acids is 1. The van der Waals surface area contributed by atoms with Gasteiger partial charge in [0, 0.05) is 15.1 Å². The molecular formula is C25H17BrCl2INO4. The van der Waals surface area contributed by atoms with Crippen LogP contribution in [0.1, 0.15) is 23.6 Å². The van der Waals surface area contributed by atoms with Gasteiger partial charge in [0.1, 0.15) is 6.61 Å². The molecular weight excluding hydrogens is 656 g/mol. The molecule has 1 aliphatic heterocycles. The second-order valence-electron chi connectivity index (χ2n) is 7.10. The summed E-state index contributed by atoms with van der Waals surface area (Å²) in [4.78, 5) is 16.8. The zero-order chi connectivity index (χ0) is 24.2. The van der Waals surface area contributed by atoms with Crippen molar-refractivity contribution >= 4 is 79.7 Å². The highest BCUT2D eigenvalue weighted by molar-refractivity contribution is 14.1. The number of hydrogen-bond acceptors (Lipinski definition) is 5. The molecule has 3 aromatic rings. The lowest BCUT2D eigenvalue weighted by molar-refractivity contribution is -0.129. The van der Waals surface area contributed by atoms with Gasteiger partial charge in [0.2, 0.25) is 5.90 Å². The molecule has 0 N–H and O–H groups in total. The third-order valence-corrected chi connectivity index (χ3v) is 6.87. The summed E-state index contributed by atoms with van der Waals surface area (Å²) >= 11 is 17.9. The van der Waals surface area contributed by atoms with E-state index in [0.717, 1.165) is 19.2 Å². The van der Waals surface area contributed by atoms with Crippen molar-refractivity contribution in [1.29, 1.82) is 0 Å². The number of hydrogen-bond donors (Lipinski definition) is 0. The first-order chi connectivity index (χ1) is 16.4. The Balaban J connectivity index is 1.63. The Labute approximate surface area is 229 Å². The Hall–Kier alpha value is -2.07. The van der Waals surface area contributed by atoms with Gasteiger partial charge in [0.05, 0.1) is 20.8 Å². The Kier molecular flexibility index (Phi) is 8.18. The number of ether oxygens (including phenoxy) is 3. The van der Waals surface area contributed by atoms with Crippen LogP contribution in [0.2, 0.25) is 10.0 Å². The number of rotatable bonds is 7. The molecule has 1 heterocycles. The maximum Gasteiger partial charge on any atom is 0.363 e. The van der Waals surface area contributed by atoms with Gasteiger partial charge >= 0.3 is 5.97 Å². The van der Waals surface area contributed by atoms with Crippen molar-refractivity contribution < 1.29 is 19.0 Å². The monoisotopic (exact) mass is 671 g/mol. The standard InChI is InChI=1S/C25H17BrCl2INO4/c1-2-32-22-11-14(9-20(29)23(22)33-13-15-5-3-4-6-18(15)26)10-21-25(31)34-24(30-21)17-8-7-16(27)12-19(17)28/h3-12H,2,13H2,1H3/b21-10-. The maximum atomic E-state index is 12.5. The number of esters is 1. The lowest BCUT2D eigenvalue weighted by Gasteiger charge is -2.15. The Bertz CT molecular complexity index is 1330. The van der Waals surface area contributed by atoms with Crippen molar-refractivity contribution in [3.63, 3.8) is 0 Å². The highest BCUT2D eigenvalue weighted by Gasteiger charge is 2.26. The van der Waals surface area contributed by atoms with Gasteiger partial charge in [0.25, 0.3) is 0 Å². The van der Waals surface area contributed by atoms with Crippen LogP contribution in [0, 0.1) is 3.57 Å². The SMILES string of the molecule is CCOc1cc(/C=C2\N=C(c3ccc(Cl)cc3Cl)OC2=O)cc(I)c1OCc1ccccc1Br. The van der Waals surface area contributed by atoms with Crippen LogP contribution in [-0.2, 0) is 16.1 Å². The van der Waals surface area contributed by atoms with Gasteiger partial charge in [-0.2, -0.15) is 0 Å². The fourth-order valence-electron chi connectivity index (χ4n) is 3.18. The summed E-state index contributed by atoms with van der Waals surface area (Å²) in [6.45, 7) is 2.73. The number of benzene rings is 3. The van der Waals surface area contributed by atoms with E-state index < -0.39 is 5.97 Å². The summed E-state index contributed by atoms with van der Waals surface area (Å²) in [7, 11) is 0. The van der Waals surface area contributed by atoms with Crippen LogP contribution in [0.3, 0.4) is 0 Å². The molecule has 0 amide bonds. The predicted molar refractivity (Wildman–Crippen MR) is 146 cm³/mol. The molecule has 0 saturated heterocycles. The van der Waals surface area contributed by atoms with Crippen molar-refractivity contribution in [2.45, 2.75) is 13.5 Å². The molecule has 0 radical (unpaired) electrons. The van der Waals surface area contributed by atoms with Crippen LogP contribution >= 0.6 is 61.7 Å². The first-order valence-electron chi connectivity index (χ1n) is 10.2. The maximum absolute atomic E-state index is 12.5. The molecule has 1 aliphatic rings. The highest BCUT2D eigenvalue weighted by Crippen LogP contribution is 2.36. The fraction of sp³-hybridized carbons (Fsp3) is 0.120. The summed E-state index contributed by atoms with van der Waals surface area (Å²) in [6, 6.07) is 16.5.